The summed E-state index contributed by atoms with van der Waals surface area (Å²) in [6, 6.07) is 22.9. The van der Waals surface area contributed by atoms with E-state index in [1.165, 1.54) is 0 Å². The Morgan fingerprint density at radius 3 is 1.15 bits per heavy atom. The minimum atomic E-state index is 0.238. The predicted molar refractivity (Wildman–Crippen MR) is 142 cm³/mol. The van der Waals surface area contributed by atoms with Crippen LogP contribution in [0.3, 0.4) is 0 Å². The van der Waals surface area contributed by atoms with E-state index < -0.39 is 0 Å². The largest absolute Gasteiger partial charge is 0.507 e. The van der Waals surface area contributed by atoms with Gasteiger partial charge in [0.2, 0.25) is 0 Å². The molecule has 4 aromatic carbocycles. The molecule has 0 aliphatic rings. The van der Waals surface area contributed by atoms with Gasteiger partial charge in [0.25, 0.3) is 0 Å². The fourth-order valence-electron chi connectivity index (χ4n) is 4.35. The third-order valence-corrected chi connectivity index (χ3v) is 6.00. The number of rotatable bonds is 5. The quantitative estimate of drug-likeness (QED) is 0.306. The van der Waals surface area contributed by atoms with Crippen LogP contribution in [0.5, 0.6) is 11.5 Å². The number of hydrogen-bond acceptors (Lipinski definition) is 4. The summed E-state index contributed by atoms with van der Waals surface area (Å²) < 4.78 is 0. The Kier molecular flexibility index (Phi) is 6.60. The highest BCUT2D eigenvalue weighted by molar-refractivity contribution is 6.18. The van der Waals surface area contributed by atoms with Crippen molar-refractivity contribution in [1.82, 2.24) is 0 Å². The zero-order chi connectivity index (χ0) is 24.2. The third kappa shape index (κ3) is 4.48. The molecule has 0 saturated heterocycles. The maximum absolute atomic E-state index is 10.5. The van der Waals surface area contributed by atoms with E-state index in [4.69, 9.17) is 0 Å². The average Bonchev–Trinajstić information content (AvgIpc) is 2.79. The van der Waals surface area contributed by atoms with Crippen molar-refractivity contribution in [3.05, 3.63) is 95.1 Å². The Balaban J connectivity index is 1.73. The Morgan fingerprint density at radius 1 is 0.471 bits per heavy atom. The van der Waals surface area contributed by atoms with Gasteiger partial charge in [-0.1, -0.05) is 48.5 Å². The SMILES string of the molecule is Cc1cccc(O)c1-c1c(C)cccc1N=CC=Nc1cccc(C)c1-c1c(C)cccc1O. The second kappa shape index (κ2) is 9.75. The van der Waals surface area contributed by atoms with E-state index in [9.17, 15) is 10.2 Å². The number of phenolic OH excluding ortho intramolecular Hbond substituents is 2. The van der Waals surface area contributed by atoms with Crippen LogP contribution in [0, 0.1) is 27.7 Å². The summed E-state index contributed by atoms with van der Waals surface area (Å²) in [6.45, 7) is 8.00. The molecule has 2 N–H and O–H groups in total. The molecule has 0 bridgehead atoms. The number of benzene rings is 4. The fourth-order valence-corrected chi connectivity index (χ4v) is 4.35. The molecule has 0 radical (unpaired) electrons. The summed E-state index contributed by atoms with van der Waals surface area (Å²) in [7, 11) is 0. The van der Waals surface area contributed by atoms with Crippen LogP contribution in [0.4, 0.5) is 11.4 Å². The van der Waals surface area contributed by atoms with Crippen LogP contribution in [0.25, 0.3) is 22.3 Å². The summed E-state index contributed by atoms with van der Waals surface area (Å²) in [4.78, 5) is 9.33. The molecular weight excluding hydrogens is 420 g/mol. The molecule has 0 spiro atoms. The molecule has 170 valence electrons. The second-order valence-electron chi connectivity index (χ2n) is 8.43. The molecule has 34 heavy (non-hydrogen) atoms. The zero-order valence-corrected chi connectivity index (χ0v) is 19.9. The predicted octanol–water partition coefficient (Wildman–Crippen LogP) is 7.77. The van der Waals surface area contributed by atoms with Crippen LogP contribution in [-0.4, -0.2) is 22.6 Å². The molecule has 0 heterocycles. The molecule has 4 heteroatoms. The lowest BCUT2D eigenvalue weighted by Gasteiger charge is -2.14. The molecule has 4 aromatic rings. The van der Waals surface area contributed by atoms with Gasteiger partial charge in [-0.25, -0.2) is 0 Å². The van der Waals surface area contributed by atoms with E-state index in [-0.39, 0.29) is 11.5 Å². The van der Waals surface area contributed by atoms with Crippen LogP contribution in [0.15, 0.2) is 82.8 Å². The summed E-state index contributed by atoms with van der Waals surface area (Å²) in [5.41, 5.74) is 8.96. The van der Waals surface area contributed by atoms with Crippen molar-refractivity contribution in [2.45, 2.75) is 27.7 Å². The van der Waals surface area contributed by atoms with Crippen LogP contribution < -0.4 is 0 Å². The molecule has 0 fully saturated rings. The van der Waals surface area contributed by atoms with Gasteiger partial charge in [-0.05, 0) is 74.2 Å². The zero-order valence-electron chi connectivity index (χ0n) is 19.9. The van der Waals surface area contributed by atoms with Gasteiger partial charge in [-0.2, -0.15) is 0 Å². The molecular formula is C30H28N2O2. The highest BCUT2D eigenvalue weighted by Gasteiger charge is 2.15. The smallest absolute Gasteiger partial charge is 0.123 e. The first-order chi connectivity index (χ1) is 16.4. The van der Waals surface area contributed by atoms with Gasteiger partial charge in [0.15, 0.2) is 0 Å². The lowest BCUT2D eigenvalue weighted by Crippen LogP contribution is -1.90. The van der Waals surface area contributed by atoms with Crippen LogP contribution in [0.2, 0.25) is 0 Å². The maximum atomic E-state index is 10.5. The normalized spacial score (nSPS) is 11.5. The van der Waals surface area contributed by atoms with E-state index in [1.807, 2.05) is 88.4 Å². The van der Waals surface area contributed by atoms with Crippen LogP contribution in [0.1, 0.15) is 22.3 Å². The van der Waals surface area contributed by atoms with Gasteiger partial charge < -0.3 is 10.2 Å². The fraction of sp³-hybridized carbons (Fsp3) is 0.133. The van der Waals surface area contributed by atoms with E-state index in [0.717, 1.165) is 55.9 Å². The number of hydrogen-bond donors (Lipinski definition) is 2. The summed E-state index contributed by atoms with van der Waals surface area (Å²) >= 11 is 0. The molecule has 0 atom stereocenters. The van der Waals surface area contributed by atoms with E-state index in [2.05, 4.69) is 9.98 Å². The van der Waals surface area contributed by atoms with E-state index in [1.54, 1.807) is 24.6 Å². The molecule has 4 nitrogen and oxygen atoms in total. The van der Waals surface area contributed by atoms with Gasteiger partial charge in [0.1, 0.15) is 11.5 Å². The standard InChI is InChI=1S/C30H28N2O2/c1-19-9-5-13-23(27(19)29-21(3)11-7-15-25(29)33)31-17-18-32-24-14-6-10-20(2)28(24)30-22(4)12-8-16-26(30)34/h5-18,33-34H,1-4H3. The number of aryl methyl sites for hydroxylation is 4. The highest BCUT2D eigenvalue weighted by atomic mass is 16.3. The van der Waals surface area contributed by atoms with Crippen molar-refractivity contribution < 1.29 is 10.2 Å². The highest BCUT2D eigenvalue weighted by Crippen LogP contribution is 2.41. The van der Waals surface area contributed by atoms with Crippen molar-refractivity contribution in [1.29, 1.82) is 0 Å². The molecule has 0 aromatic heterocycles. The number of phenols is 2. The maximum Gasteiger partial charge on any atom is 0.123 e. The number of aliphatic imine (C=N–C) groups is 2. The molecule has 0 aliphatic carbocycles. The average molecular weight is 449 g/mol. The second-order valence-corrected chi connectivity index (χ2v) is 8.43. The molecule has 0 amide bonds. The monoisotopic (exact) mass is 448 g/mol. The summed E-state index contributed by atoms with van der Waals surface area (Å²) in [5.74, 6) is 0.476. The topological polar surface area (TPSA) is 65.2 Å². The number of aromatic hydroxyl groups is 2. The first kappa shape index (κ1) is 23.0. The summed E-state index contributed by atoms with van der Waals surface area (Å²) in [5, 5.41) is 21.0. The van der Waals surface area contributed by atoms with Crippen molar-refractivity contribution in [3.8, 4) is 33.8 Å². The van der Waals surface area contributed by atoms with Gasteiger partial charge in [0, 0.05) is 34.7 Å². The molecule has 0 unspecified atom stereocenters. The van der Waals surface area contributed by atoms with Crippen molar-refractivity contribution in [2.24, 2.45) is 9.98 Å². The Hall–Kier alpha value is -4.18. The minimum Gasteiger partial charge on any atom is -0.507 e. The Labute approximate surface area is 200 Å². The lowest BCUT2D eigenvalue weighted by molar-refractivity contribution is 0.476. The Bertz CT molecular complexity index is 1270. The van der Waals surface area contributed by atoms with E-state index in [0.29, 0.717) is 0 Å². The van der Waals surface area contributed by atoms with Gasteiger partial charge in [-0.3, -0.25) is 9.98 Å². The first-order valence-electron chi connectivity index (χ1n) is 11.2. The van der Waals surface area contributed by atoms with Crippen molar-refractivity contribution in [3.63, 3.8) is 0 Å². The summed E-state index contributed by atoms with van der Waals surface area (Å²) in [6.07, 6.45) is 3.33. The molecule has 0 aliphatic heterocycles. The minimum absolute atomic E-state index is 0.238. The van der Waals surface area contributed by atoms with Gasteiger partial charge in [-0.15, -0.1) is 0 Å². The number of nitrogens with zero attached hydrogens (tertiary/aromatic N) is 2. The van der Waals surface area contributed by atoms with Gasteiger partial charge in [0.05, 0.1) is 11.4 Å². The first-order valence-corrected chi connectivity index (χ1v) is 11.2. The van der Waals surface area contributed by atoms with E-state index >= 15 is 0 Å². The van der Waals surface area contributed by atoms with Gasteiger partial charge >= 0.3 is 0 Å². The van der Waals surface area contributed by atoms with Crippen molar-refractivity contribution in [2.75, 3.05) is 0 Å². The third-order valence-electron chi connectivity index (χ3n) is 6.00. The van der Waals surface area contributed by atoms with Crippen LogP contribution in [-0.2, 0) is 0 Å². The lowest BCUT2D eigenvalue weighted by atomic mass is 9.94. The molecule has 0 saturated carbocycles. The Morgan fingerprint density at radius 2 is 0.794 bits per heavy atom. The molecule has 4 rings (SSSR count). The van der Waals surface area contributed by atoms with Crippen LogP contribution >= 0.6 is 0 Å². The van der Waals surface area contributed by atoms with Crippen molar-refractivity contribution >= 4 is 23.8 Å².